The third kappa shape index (κ3) is 3.82. The Hall–Kier alpha value is -1.95. The van der Waals surface area contributed by atoms with E-state index >= 15 is 0 Å². The molecule has 3 rings (SSSR count). The maximum Gasteiger partial charge on any atom is 0.316 e. The zero-order valence-electron chi connectivity index (χ0n) is 13.1. The second kappa shape index (κ2) is 6.87. The Bertz CT molecular complexity index is 577. The zero-order valence-corrected chi connectivity index (χ0v) is 13.1. The zero-order chi connectivity index (χ0) is 15.4. The first-order valence-corrected chi connectivity index (χ1v) is 7.81. The summed E-state index contributed by atoms with van der Waals surface area (Å²) in [6.07, 6.45) is 7.33. The lowest BCUT2D eigenvalue weighted by Crippen LogP contribution is -2.38. The van der Waals surface area contributed by atoms with E-state index in [1.165, 1.54) is 0 Å². The molecule has 0 saturated carbocycles. The number of nitrogens with zero attached hydrogens (tertiary/aromatic N) is 4. The van der Waals surface area contributed by atoms with Crippen LogP contribution in [-0.4, -0.2) is 39.0 Å². The number of ether oxygens (including phenoxy) is 1. The van der Waals surface area contributed by atoms with Crippen molar-refractivity contribution in [3.8, 4) is 6.01 Å². The summed E-state index contributed by atoms with van der Waals surface area (Å²) in [6, 6.07) is 2.26. The van der Waals surface area contributed by atoms with Crippen molar-refractivity contribution in [2.75, 3.05) is 13.1 Å². The highest BCUT2D eigenvalue weighted by atomic mass is 16.5. The van der Waals surface area contributed by atoms with E-state index in [4.69, 9.17) is 9.15 Å². The molecule has 22 heavy (non-hydrogen) atoms. The highest BCUT2D eigenvalue weighted by Gasteiger charge is 2.22. The number of hydrogen-bond donors (Lipinski definition) is 0. The second-order valence-corrected chi connectivity index (χ2v) is 5.96. The molecule has 6 heteroatoms. The summed E-state index contributed by atoms with van der Waals surface area (Å²) in [4.78, 5) is 15.1. The number of aromatic nitrogens is 3. The summed E-state index contributed by atoms with van der Waals surface area (Å²) in [6.45, 7) is 6.99. The molecule has 1 fully saturated rings. The van der Waals surface area contributed by atoms with Gasteiger partial charge in [-0.3, -0.25) is 4.90 Å². The maximum atomic E-state index is 5.81. The van der Waals surface area contributed by atoms with Crippen LogP contribution in [0.3, 0.4) is 0 Å². The molecule has 0 radical (unpaired) electrons. The molecule has 0 N–H and O–H groups in total. The van der Waals surface area contributed by atoms with E-state index < -0.39 is 0 Å². The van der Waals surface area contributed by atoms with E-state index in [2.05, 4.69) is 33.7 Å². The number of hydrogen-bond acceptors (Lipinski definition) is 6. The first-order valence-electron chi connectivity index (χ1n) is 7.81. The van der Waals surface area contributed by atoms with Gasteiger partial charge >= 0.3 is 6.01 Å². The van der Waals surface area contributed by atoms with Crippen LogP contribution in [0.15, 0.2) is 29.1 Å². The molecule has 3 heterocycles. The van der Waals surface area contributed by atoms with E-state index in [-0.39, 0.29) is 6.10 Å². The minimum atomic E-state index is 0.196. The number of likely N-dealkylation sites (tertiary alicyclic amines) is 1. The SMILES string of the molecule is CC(C)c1nc(CN2CCC(Oc3ncccn3)CC2)co1. The summed E-state index contributed by atoms with van der Waals surface area (Å²) in [5.74, 6) is 1.15. The van der Waals surface area contributed by atoms with E-state index in [9.17, 15) is 0 Å². The lowest BCUT2D eigenvalue weighted by Gasteiger charge is -2.30. The monoisotopic (exact) mass is 302 g/mol. The van der Waals surface area contributed by atoms with Crippen LogP contribution in [-0.2, 0) is 6.54 Å². The van der Waals surface area contributed by atoms with Crippen molar-refractivity contribution >= 4 is 0 Å². The molecule has 0 unspecified atom stereocenters. The van der Waals surface area contributed by atoms with Crippen molar-refractivity contribution in [1.82, 2.24) is 19.9 Å². The predicted molar refractivity (Wildman–Crippen MR) is 81.6 cm³/mol. The molecule has 2 aromatic heterocycles. The van der Waals surface area contributed by atoms with E-state index in [1.54, 1.807) is 24.7 Å². The predicted octanol–water partition coefficient (Wildman–Crippen LogP) is 2.63. The lowest BCUT2D eigenvalue weighted by atomic mass is 10.1. The lowest BCUT2D eigenvalue weighted by molar-refractivity contribution is 0.0886. The molecule has 0 amide bonds. The molecule has 2 aromatic rings. The topological polar surface area (TPSA) is 64.3 Å². The van der Waals surface area contributed by atoms with E-state index in [0.29, 0.717) is 11.9 Å². The molecule has 0 atom stereocenters. The third-order valence-corrected chi connectivity index (χ3v) is 3.80. The minimum Gasteiger partial charge on any atom is -0.460 e. The summed E-state index contributed by atoms with van der Waals surface area (Å²) < 4.78 is 11.3. The quantitative estimate of drug-likeness (QED) is 0.846. The van der Waals surface area contributed by atoms with Gasteiger partial charge in [0.2, 0.25) is 0 Å². The van der Waals surface area contributed by atoms with Gasteiger partial charge in [-0.15, -0.1) is 0 Å². The van der Waals surface area contributed by atoms with Crippen molar-refractivity contribution in [2.45, 2.75) is 45.3 Å². The summed E-state index contributed by atoms with van der Waals surface area (Å²) in [5.41, 5.74) is 1.01. The normalized spacial score (nSPS) is 17.0. The van der Waals surface area contributed by atoms with Crippen LogP contribution in [0.25, 0.3) is 0 Å². The molecule has 1 aliphatic rings. The Balaban J connectivity index is 1.47. The van der Waals surface area contributed by atoms with Crippen LogP contribution >= 0.6 is 0 Å². The average molecular weight is 302 g/mol. The second-order valence-electron chi connectivity index (χ2n) is 5.96. The molecule has 1 aliphatic heterocycles. The minimum absolute atomic E-state index is 0.196. The van der Waals surface area contributed by atoms with Crippen LogP contribution in [0.1, 0.15) is 44.2 Å². The Morgan fingerprint density at radius 3 is 2.64 bits per heavy atom. The van der Waals surface area contributed by atoms with Gasteiger partial charge in [0, 0.05) is 37.9 Å². The van der Waals surface area contributed by atoms with Gasteiger partial charge in [-0.05, 0) is 18.9 Å². The highest BCUT2D eigenvalue weighted by molar-refractivity contribution is 5.00. The van der Waals surface area contributed by atoms with Gasteiger partial charge in [0.25, 0.3) is 0 Å². The fourth-order valence-electron chi connectivity index (χ4n) is 2.57. The van der Waals surface area contributed by atoms with Crippen molar-refractivity contribution in [1.29, 1.82) is 0 Å². The number of rotatable bonds is 5. The van der Waals surface area contributed by atoms with Crippen LogP contribution in [0.2, 0.25) is 0 Å². The van der Waals surface area contributed by atoms with Crippen LogP contribution < -0.4 is 4.74 Å². The number of piperidine rings is 1. The van der Waals surface area contributed by atoms with Crippen LogP contribution in [0.5, 0.6) is 6.01 Å². The smallest absolute Gasteiger partial charge is 0.316 e. The summed E-state index contributed by atoms with van der Waals surface area (Å²) in [5, 5.41) is 0. The molecule has 6 nitrogen and oxygen atoms in total. The third-order valence-electron chi connectivity index (χ3n) is 3.80. The van der Waals surface area contributed by atoms with Crippen LogP contribution in [0, 0.1) is 0 Å². The molecule has 1 saturated heterocycles. The molecule has 118 valence electrons. The first-order chi connectivity index (χ1) is 10.7. The largest absolute Gasteiger partial charge is 0.460 e. The Labute approximate surface area is 130 Å². The molecule has 0 aromatic carbocycles. The average Bonchev–Trinajstić information content (AvgIpc) is 2.99. The van der Waals surface area contributed by atoms with Gasteiger partial charge < -0.3 is 9.15 Å². The standard InChI is InChI=1S/C16H22N4O2/c1-12(2)15-19-13(11-21-15)10-20-8-4-14(5-9-20)22-16-17-6-3-7-18-16/h3,6-7,11-12,14H,4-5,8-10H2,1-2H3. The van der Waals surface area contributed by atoms with Gasteiger partial charge in [-0.1, -0.05) is 13.8 Å². The van der Waals surface area contributed by atoms with Gasteiger partial charge in [-0.25, -0.2) is 15.0 Å². The number of oxazole rings is 1. The molecule has 0 bridgehead atoms. The highest BCUT2D eigenvalue weighted by Crippen LogP contribution is 2.19. The Morgan fingerprint density at radius 2 is 2.00 bits per heavy atom. The fraction of sp³-hybridized carbons (Fsp3) is 0.562. The van der Waals surface area contributed by atoms with Crippen LogP contribution in [0.4, 0.5) is 0 Å². The summed E-state index contributed by atoms with van der Waals surface area (Å²) >= 11 is 0. The molecule has 0 spiro atoms. The van der Waals surface area contributed by atoms with Crippen molar-refractivity contribution < 1.29 is 9.15 Å². The van der Waals surface area contributed by atoms with Gasteiger partial charge in [0.1, 0.15) is 12.4 Å². The van der Waals surface area contributed by atoms with Crippen molar-refractivity contribution in [3.05, 3.63) is 36.3 Å². The molecule has 0 aliphatic carbocycles. The first kappa shape index (κ1) is 15.0. The fourth-order valence-corrected chi connectivity index (χ4v) is 2.57. The Morgan fingerprint density at radius 1 is 1.27 bits per heavy atom. The van der Waals surface area contributed by atoms with Crippen molar-refractivity contribution in [2.24, 2.45) is 0 Å². The van der Waals surface area contributed by atoms with Gasteiger partial charge in [0.15, 0.2) is 5.89 Å². The Kier molecular flexibility index (Phi) is 4.68. The van der Waals surface area contributed by atoms with E-state index in [1.807, 2.05) is 0 Å². The van der Waals surface area contributed by atoms with E-state index in [0.717, 1.165) is 44.1 Å². The summed E-state index contributed by atoms with van der Waals surface area (Å²) in [7, 11) is 0. The van der Waals surface area contributed by atoms with Gasteiger partial charge in [0.05, 0.1) is 5.69 Å². The van der Waals surface area contributed by atoms with Gasteiger partial charge in [-0.2, -0.15) is 0 Å². The molecular weight excluding hydrogens is 280 g/mol. The maximum absolute atomic E-state index is 5.81. The van der Waals surface area contributed by atoms with Crippen molar-refractivity contribution in [3.63, 3.8) is 0 Å². The molecular formula is C16H22N4O2.